The maximum absolute atomic E-state index is 13.1. The molecule has 1 atom stereocenters. The predicted octanol–water partition coefficient (Wildman–Crippen LogP) is 2.81. The summed E-state index contributed by atoms with van der Waals surface area (Å²) in [5.74, 6) is -1.12. The Morgan fingerprint density at radius 3 is 2.28 bits per heavy atom. The van der Waals surface area contributed by atoms with Crippen molar-refractivity contribution in [3.63, 3.8) is 0 Å². The Bertz CT molecular complexity index is 909. The van der Waals surface area contributed by atoms with Gasteiger partial charge in [0.05, 0.1) is 18.2 Å². The predicted molar refractivity (Wildman–Crippen MR) is 107 cm³/mol. The summed E-state index contributed by atoms with van der Waals surface area (Å²) in [5, 5.41) is 2.93. The van der Waals surface area contributed by atoms with Gasteiger partial charge < -0.3 is 5.32 Å². The second kappa shape index (κ2) is 8.13. The minimum Gasteiger partial charge on any atom is -0.326 e. The summed E-state index contributed by atoms with van der Waals surface area (Å²) in [5.41, 5.74) is 1.16. The number of imide groups is 1. The molecule has 2 aliphatic heterocycles. The van der Waals surface area contributed by atoms with Gasteiger partial charge in [-0.05, 0) is 62.3 Å². The highest BCUT2D eigenvalue weighted by Crippen LogP contribution is 2.29. The Hall–Kier alpha value is -3.06. The summed E-state index contributed by atoms with van der Waals surface area (Å²) in [6, 6.07) is 14.2. The molecule has 0 spiro atoms. The number of para-hydroxylation sites is 1. The fraction of sp³-hybridized carbons (Fsp3) is 0.318. The third-order valence-electron chi connectivity index (χ3n) is 5.59. The molecule has 2 fully saturated rings. The molecule has 2 aromatic rings. The summed E-state index contributed by atoms with van der Waals surface area (Å²) in [6.07, 6.45) is 1.37. The van der Waals surface area contributed by atoms with Crippen molar-refractivity contribution in [3.8, 4) is 0 Å². The van der Waals surface area contributed by atoms with E-state index in [-0.39, 0.29) is 30.1 Å². The second-order valence-corrected chi connectivity index (χ2v) is 7.43. The molecular weight excluding hydrogens is 373 g/mol. The van der Waals surface area contributed by atoms with E-state index in [0.29, 0.717) is 31.6 Å². The average Bonchev–Trinajstić information content (AvgIpc) is 3.04. The first-order chi connectivity index (χ1) is 14.0. The van der Waals surface area contributed by atoms with Gasteiger partial charge in [-0.15, -0.1) is 0 Å². The Morgan fingerprint density at radius 1 is 0.966 bits per heavy atom. The summed E-state index contributed by atoms with van der Waals surface area (Å²) in [6.45, 7) is 1.15. The number of nitrogens with zero attached hydrogens (tertiary/aromatic N) is 2. The monoisotopic (exact) mass is 395 g/mol. The maximum atomic E-state index is 13.1. The van der Waals surface area contributed by atoms with Crippen molar-refractivity contribution >= 4 is 29.1 Å². The summed E-state index contributed by atoms with van der Waals surface area (Å²) >= 11 is 0. The van der Waals surface area contributed by atoms with Crippen molar-refractivity contribution in [1.82, 2.24) is 4.90 Å². The van der Waals surface area contributed by atoms with Crippen LogP contribution in [0.25, 0.3) is 0 Å². The Labute approximate surface area is 168 Å². The fourth-order valence-electron chi connectivity index (χ4n) is 4.00. The SMILES string of the molecule is O=C(Nc1ccccc1)C1CCN([C@H]2CC(=O)N(c3ccc(F)cc3)C2=O)CC1. The van der Waals surface area contributed by atoms with Gasteiger partial charge in [0.1, 0.15) is 5.82 Å². The van der Waals surface area contributed by atoms with Crippen molar-refractivity contribution in [2.45, 2.75) is 25.3 Å². The number of rotatable bonds is 4. The number of amides is 3. The van der Waals surface area contributed by atoms with E-state index >= 15 is 0 Å². The van der Waals surface area contributed by atoms with E-state index in [1.165, 1.54) is 24.3 Å². The van der Waals surface area contributed by atoms with Crippen molar-refractivity contribution in [2.75, 3.05) is 23.3 Å². The largest absolute Gasteiger partial charge is 0.326 e. The highest BCUT2D eigenvalue weighted by atomic mass is 19.1. The lowest BCUT2D eigenvalue weighted by atomic mass is 9.94. The molecule has 29 heavy (non-hydrogen) atoms. The molecule has 0 unspecified atom stereocenters. The zero-order valence-electron chi connectivity index (χ0n) is 15.9. The van der Waals surface area contributed by atoms with Crippen LogP contribution in [0.15, 0.2) is 54.6 Å². The molecule has 2 aliphatic rings. The highest BCUT2D eigenvalue weighted by molar-refractivity contribution is 6.22. The molecule has 0 bridgehead atoms. The van der Waals surface area contributed by atoms with Gasteiger partial charge in [-0.1, -0.05) is 18.2 Å². The molecule has 0 saturated carbocycles. The molecule has 6 nitrogen and oxygen atoms in total. The van der Waals surface area contributed by atoms with Crippen LogP contribution in [0.3, 0.4) is 0 Å². The quantitative estimate of drug-likeness (QED) is 0.809. The van der Waals surface area contributed by atoms with E-state index in [0.717, 1.165) is 10.6 Å². The molecule has 1 N–H and O–H groups in total. The number of likely N-dealkylation sites (tertiary alicyclic amines) is 1. The average molecular weight is 395 g/mol. The molecule has 7 heteroatoms. The molecule has 0 radical (unpaired) electrons. The summed E-state index contributed by atoms with van der Waals surface area (Å²) < 4.78 is 13.1. The first-order valence-corrected chi connectivity index (χ1v) is 9.75. The van der Waals surface area contributed by atoms with Gasteiger partial charge in [0, 0.05) is 11.6 Å². The first kappa shape index (κ1) is 19.3. The van der Waals surface area contributed by atoms with Gasteiger partial charge in [-0.25, -0.2) is 9.29 Å². The second-order valence-electron chi connectivity index (χ2n) is 7.43. The minimum atomic E-state index is -0.523. The molecule has 2 saturated heterocycles. The lowest BCUT2D eigenvalue weighted by Crippen LogP contribution is -2.47. The van der Waals surface area contributed by atoms with Crippen LogP contribution in [0.5, 0.6) is 0 Å². The van der Waals surface area contributed by atoms with Crippen molar-refractivity contribution in [3.05, 3.63) is 60.4 Å². The van der Waals surface area contributed by atoms with Gasteiger partial charge in [0.15, 0.2) is 0 Å². The van der Waals surface area contributed by atoms with Gasteiger partial charge in [-0.3, -0.25) is 19.3 Å². The molecular formula is C22H22FN3O3. The lowest BCUT2D eigenvalue weighted by molar-refractivity contribution is -0.123. The number of hydrogen-bond acceptors (Lipinski definition) is 4. The normalized spacial score (nSPS) is 20.9. The van der Waals surface area contributed by atoms with Crippen LogP contribution < -0.4 is 10.2 Å². The van der Waals surface area contributed by atoms with Crippen LogP contribution in [0.1, 0.15) is 19.3 Å². The number of piperidine rings is 1. The molecule has 150 valence electrons. The summed E-state index contributed by atoms with van der Waals surface area (Å²) in [7, 11) is 0. The van der Waals surface area contributed by atoms with Crippen molar-refractivity contribution < 1.29 is 18.8 Å². The zero-order valence-corrected chi connectivity index (χ0v) is 15.9. The molecule has 0 aromatic heterocycles. The maximum Gasteiger partial charge on any atom is 0.251 e. The van der Waals surface area contributed by atoms with E-state index in [1.807, 2.05) is 35.2 Å². The van der Waals surface area contributed by atoms with Crippen LogP contribution in [0.4, 0.5) is 15.8 Å². The minimum absolute atomic E-state index is 0.0161. The Morgan fingerprint density at radius 2 is 1.62 bits per heavy atom. The smallest absolute Gasteiger partial charge is 0.251 e. The Balaban J connectivity index is 1.36. The lowest BCUT2D eigenvalue weighted by Gasteiger charge is -2.34. The third-order valence-corrected chi connectivity index (χ3v) is 5.59. The van der Waals surface area contributed by atoms with Gasteiger partial charge in [0.25, 0.3) is 5.91 Å². The van der Waals surface area contributed by atoms with Crippen molar-refractivity contribution in [1.29, 1.82) is 0 Å². The van der Waals surface area contributed by atoms with E-state index in [4.69, 9.17) is 0 Å². The molecule has 2 heterocycles. The van der Waals surface area contributed by atoms with E-state index in [9.17, 15) is 18.8 Å². The topological polar surface area (TPSA) is 69.7 Å². The number of benzene rings is 2. The van der Waals surface area contributed by atoms with Crippen LogP contribution in [-0.2, 0) is 14.4 Å². The molecule has 2 aromatic carbocycles. The highest BCUT2D eigenvalue weighted by Gasteiger charge is 2.43. The van der Waals surface area contributed by atoms with E-state index < -0.39 is 11.9 Å². The first-order valence-electron chi connectivity index (χ1n) is 9.75. The van der Waals surface area contributed by atoms with Crippen LogP contribution in [-0.4, -0.2) is 41.8 Å². The number of hydrogen-bond donors (Lipinski definition) is 1. The van der Waals surface area contributed by atoms with Crippen LogP contribution in [0, 0.1) is 11.7 Å². The molecule has 0 aliphatic carbocycles. The van der Waals surface area contributed by atoms with Crippen LogP contribution >= 0.6 is 0 Å². The molecule has 4 rings (SSSR count). The third kappa shape index (κ3) is 4.05. The van der Waals surface area contributed by atoms with Gasteiger partial charge in [-0.2, -0.15) is 0 Å². The number of halogens is 1. The number of anilines is 2. The van der Waals surface area contributed by atoms with Crippen LogP contribution in [0.2, 0.25) is 0 Å². The molecule has 3 amide bonds. The summed E-state index contributed by atoms with van der Waals surface area (Å²) in [4.78, 5) is 40.9. The number of nitrogens with one attached hydrogen (secondary N) is 1. The standard InChI is InChI=1S/C22H22FN3O3/c23-16-6-8-18(9-7-16)26-20(27)14-19(22(26)29)25-12-10-15(11-13-25)21(28)24-17-4-2-1-3-5-17/h1-9,15,19H,10-14H2,(H,24,28)/t19-/m0/s1. The van der Waals surface area contributed by atoms with Crippen molar-refractivity contribution in [2.24, 2.45) is 5.92 Å². The fourth-order valence-corrected chi connectivity index (χ4v) is 4.00. The number of carbonyl (C=O) groups is 3. The zero-order chi connectivity index (χ0) is 20.4. The van der Waals surface area contributed by atoms with Gasteiger partial charge in [0.2, 0.25) is 11.8 Å². The number of carbonyl (C=O) groups excluding carboxylic acids is 3. The van der Waals surface area contributed by atoms with E-state index in [1.54, 1.807) is 0 Å². The van der Waals surface area contributed by atoms with E-state index in [2.05, 4.69) is 5.32 Å². The Kier molecular flexibility index (Phi) is 5.40. The van der Waals surface area contributed by atoms with Gasteiger partial charge >= 0.3 is 0 Å².